The van der Waals surface area contributed by atoms with Crippen LogP contribution in [0.15, 0.2) is 0 Å². The minimum atomic E-state index is 0.841. The van der Waals surface area contributed by atoms with Crippen molar-refractivity contribution in [2.24, 2.45) is 17.6 Å². The van der Waals surface area contributed by atoms with Crippen LogP contribution < -0.4 is 5.73 Å². The van der Waals surface area contributed by atoms with E-state index in [1.165, 1.54) is 32.4 Å². The summed E-state index contributed by atoms with van der Waals surface area (Å²) in [5.41, 5.74) is 5.43. The molecule has 0 heterocycles. The Balaban J connectivity index is 1.93. The molecule has 2 N–H and O–H groups in total. The lowest BCUT2D eigenvalue weighted by Crippen LogP contribution is -2.23. The van der Waals surface area contributed by atoms with E-state index in [2.05, 4.69) is 18.9 Å². The molecule has 1 aliphatic rings. The molecule has 72 valence electrons. The minimum Gasteiger partial charge on any atom is -0.330 e. The van der Waals surface area contributed by atoms with Crippen molar-refractivity contribution in [3.8, 4) is 0 Å². The number of hydrogen-bond acceptors (Lipinski definition) is 2. The Labute approximate surface area is 76.1 Å². The molecule has 0 radical (unpaired) electrons. The second-order valence-corrected chi connectivity index (χ2v) is 4.23. The first-order chi connectivity index (χ1) is 5.74. The van der Waals surface area contributed by atoms with Crippen LogP contribution in [-0.4, -0.2) is 31.6 Å². The maximum atomic E-state index is 5.43. The fraction of sp³-hybridized carbons (Fsp3) is 1.00. The molecule has 2 nitrogen and oxygen atoms in total. The first-order valence-electron chi connectivity index (χ1n) is 5.12. The standard InChI is InChI=1S/C10H22N2/c1-9-7-10(9)8-12(2)6-4-3-5-11/h9-10H,3-8,11H2,1-2H3. The Hall–Kier alpha value is -0.0800. The molecule has 1 aliphatic carbocycles. The molecule has 1 rings (SSSR count). The fourth-order valence-corrected chi connectivity index (χ4v) is 1.67. The van der Waals surface area contributed by atoms with E-state index in [1.54, 1.807) is 0 Å². The van der Waals surface area contributed by atoms with Crippen molar-refractivity contribution in [1.29, 1.82) is 0 Å². The Morgan fingerprint density at radius 2 is 2.08 bits per heavy atom. The van der Waals surface area contributed by atoms with Gasteiger partial charge in [0.1, 0.15) is 0 Å². The molecule has 0 aromatic carbocycles. The van der Waals surface area contributed by atoms with E-state index in [9.17, 15) is 0 Å². The second-order valence-electron chi connectivity index (χ2n) is 4.23. The van der Waals surface area contributed by atoms with Gasteiger partial charge < -0.3 is 10.6 Å². The normalized spacial score (nSPS) is 28.0. The van der Waals surface area contributed by atoms with E-state index in [1.807, 2.05) is 0 Å². The van der Waals surface area contributed by atoms with E-state index in [4.69, 9.17) is 5.73 Å². The highest BCUT2D eigenvalue weighted by Gasteiger charge is 2.32. The SMILES string of the molecule is CC1CC1CN(C)CCCCN. The van der Waals surface area contributed by atoms with E-state index >= 15 is 0 Å². The summed E-state index contributed by atoms with van der Waals surface area (Å²) in [7, 11) is 2.22. The maximum absolute atomic E-state index is 5.43. The zero-order valence-corrected chi connectivity index (χ0v) is 8.42. The van der Waals surface area contributed by atoms with Gasteiger partial charge in [-0.05, 0) is 51.2 Å². The molecule has 0 spiro atoms. The monoisotopic (exact) mass is 170 g/mol. The average Bonchev–Trinajstić information content (AvgIpc) is 2.67. The highest BCUT2D eigenvalue weighted by Crippen LogP contribution is 2.37. The predicted octanol–water partition coefficient (Wildman–Crippen LogP) is 1.31. The predicted molar refractivity (Wildman–Crippen MR) is 53.1 cm³/mol. The van der Waals surface area contributed by atoms with Crippen molar-refractivity contribution in [1.82, 2.24) is 4.90 Å². The van der Waals surface area contributed by atoms with Gasteiger partial charge in [-0.2, -0.15) is 0 Å². The van der Waals surface area contributed by atoms with E-state index in [0.29, 0.717) is 0 Å². The number of nitrogens with two attached hydrogens (primary N) is 1. The molecule has 2 atom stereocenters. The summed E-state index contributed by atoms with van der Waals surface area (Å²) >= 11 is 0. The molecular weight excluding hydrogens is 148 g/mol. The Morgan fingerprint density at radius 3 is 2.58 bits per heavy atom. The smallest absolute Gasteiger partial charge is 0.000926 e. The van der Waals surface area contributed by atoms with Crippen LogP contribution in [0.4, 0.5) is 0 Å². The highest BCUT2D eigenvalue weighted by molar-refractivity contribution is 4.84. The van der Waals surface area contributed by atoms with Crippen molar-refractivity contribution in [2.75, 3.05) is 26.7 Å². The lowest BCUT2D eigenvalue weighted by Gasteiger charge is -2.15. The van der Waals surface area contributed by atoms with Gasteiger partial charge in [0.15, 0.2) is 0 Å². The van der Waals surface area contributed by atoms with E-state index in [0.717, 1.165) is 18.4 Å². The van der Waals surface area contributed by atoms with E-state index < -0.39 is 0 Å². The first-order valence-corrected chi connectivity index (χ1v) is 5.12. The molecule has 0 aromatic rings. The number of nitrogens with zero attached hydrogens (tertiary/aromatic N) is 1. The zero-order chi connectivity index (χ0) is 8.97. The zero-order valence-electron chi connectivity index (χ0n) is 8.42. The third kappa shape index (κ3) is 3.55. The molecule has 0 saturated heterocycles. The molecular formula is C10H22N2. The largest absolute Gasteiger partial charge is 0.330 e. The van der Waals surface area contributed by atoms with Crippen molar-refractivity contribution in [3.63, 3.8) is 0 Å². The second kappa shape index (κ2) is 4.83. The summed E-state index contributed by atoms with van der Waals surface area (Å²) in [6.45, 7) is 5.71. The summed E-state index contributed by atoms with van der Waals surface area (Å²) in [6, 6.07) is 0. The molecule has 0 bridgehead atoms. The van der Waals surface area contributed by atoms with Gasteiger partial charge in [-0.3, -0.25) is 0 Å². The van der Waals surface area contributed by atoms with Crippen LogP contribution in [0.3, 0.4) is 0 Å². The molecule has 2 heteroatoms. The lowest BCUT2D eigenvalue weighted by molar-refractivity contribution is 0.308. The average molecular weight is 170 g/mol. The molecule has 0 aliphatic heterocycles. The van der Waals surface area contributed by atoms with Gasteiger partial charge in [-0.1, -0.05) is 6.92 Å². The van der Waals surface area contributed by atoms with Gasteiger partial charge in [0.2, 0.25) is 0 Å². The lowest BCUT2D eigenvalue weighted by atomic mass is 10.2. The van der Waals surface area contributed by atoms with Crippen LogP contribution in [0.1, 0.15) is 26.2 Å². The van der Waals surface area contributed by atoms with Gasteiger partial charge in [0, 0.05) is 6.54 Å². The van der Waals surface area contributed by atoms with Crippen LogP contribution in [0.5, 0.6) is 0 Å². The topological polar surface area (TPSA) is 29.3 Å². The van der Waals surface area contributed by atoms with Gasteiger partial charge in [-0.15, -0.1) is 0 Å². The number of unbranched alkanes of at least 4 members (excludes halogenated alkanes) is 1. The van der Waals surface area contributed by atoms with Crippen molar-refractivity contribution >= 4 is 0 Å². The van der Waals surface area contributed by atoms with Gasteiger partial charge in [0.25, 0.3) is 0 Å². The quantitative estimate of drug-likeness (QED) is 0.609. The Kier molecular flexibility index (Phi) is 4.02. The number of rotatable bonds is 6. The molecule has 0 amide bonds. The van der Waals surface area contributed by atoms with Gasteiger partial charge in [-0.25, -0.2) is 0 Å². The third-order valence-electron chi connectivity index (χ3n) is 2.82. The highest BCUT2D eigenvalue weighted by atomic mass is 15.1. The number of hydrogen-bond donors (Lipinski definition) is 1. The van der Waals surface area contributed by atoms with Crippen molar-refractivity contribution < 1.29 is 0 Å². The summed E-state index contributed by atoms with van der Waals surface area (Å²) in [5, 5.41) is 0. The molecule has 12 heavy (non-hydrogen) atoms. The molecule has 0 aromatic heterocycles. The van der Waals surface area contributed by atoms with Crippen LogP contribution >= 0.6 is 0 Å². The van der Waals surface area contributed by atoms with Crippen molar-refractivity contribution in [3.05, 3.63) is 0 Å². The minimum absolute atomic E-state index is 0.841. The Morgan fingerprint density at radius 1 is 1.42 bits per heavy atom. The first kappa shape index (κ1) is 10.0. The molecule has 2 unspecified atom stereocenters. The summed E-state index contributed by atoms with van der Waals surface area (Å²) in [6.07, 6.45) is 3.87. The van der Waals surface area contributed by atoms with E-state index in [-0.39, 0.29) is 0 Å². The van der Waals surface area contributed by atoms with Gasteiger partial charge >= 0.3 is 0 Å². The summed E-state index contributed by atoms with van der Waals surface area (Å²) in [4.78, 5) is 2.45. The molecule has 1 saturated carbocycles. The summed E-state index contributed by atoms with van der Waals surface area (Å²) < 4.78 is 0. The van der Waals surface area contributed by atoms with Crippen molar-refractivity contribution in [2.45, 2.75) is 26.2 Å². The summed E-state index contributed by atoms with van der Waals surface area (Å²) in [5.74, 6) is 1.98. The van der Waals surface area contributed by atoms with Crippen LogP contribution in [0, 0.1) is 11.8 Å². The fourth-order valence-electron chi connectivity index (χ4n) is 1.67. The Bertz CT molecular complexity index is 125. The van der Waals surface area contributed by atoms with Gasteiger partial charge in [0.05, 0.1) is 0 Å². The van der Waals surface area contributed by atoms with Crippen LogP contribution in [-0.2, 0) is 0 Å². The molecule has 1 fully saturated rings. The van der Waals surface area contributed by atoms with Crippen LogP contribution in [0.25, 0.3) is 0 Å². The maximum Gasteiger partial charge on any atom is 0.000926 e. The van der Waals surface area contributed by atoms with Crippen LogP contribution in [0.2, 0.25) is 0 Å². The third-order valence-corrected chi connectivity index (χ3v) is 2.82.